The first kappa shape index (κ1) is 52.8. The van der Waals surface area contributed by atoms with Crippen LogP contribution in [-0.4, -0.2) is 109 Å². The Morgan fingerprint density at radius 3 is 2.06 bits per heavy atom. The van der Waals surface area contributed by atoms with E-state index in [-0.39, 0.29) is 185 Å². The molecule has 3 N–H and O–H groups in total. The second-order valence-electron chi connectivity index (χ2n) is 15.3. The molecular formula is C31H43K3O18S2. The van der Waals surface area contributed by atoms with E-state index in [1.165, 1.54) is 0 Å². The largest absolute Gasteiger partial charge is 1.00 e. The molecule has 1 saturated heterocycles. The van der Waals surface area contributed by atoms with Gasteiger partial charge in [-0.2, -0.15) is 0 Å². The summed E-state index contributed by atoms with van der Waals surface area (Å²) in [5, 5.41) is 45.2. The minimum absolute atomic E-state index is 0. The average molecular weight is 885 g/mol. The maximum atomic E-state index is 13.1. The van der Waals surface area contributed by atoms with Crippen LogP contribution in [0.4, 0.5) is 0 Å². The Labute approximate surface area is 442 Å². The monoisotopic (exact) mass is 884 g/mol. The Kier molecular flexibility index (Phi) is 19.3. The van der Waals surface area contributed by atoms with Crippen LogP contribution >= 0.6 is 0 Å². The molecule has 1 spiro atoms. The summed E-state index contributed by atoms with van der Waals surface area (Å²) in [7, 11) is -11.5. The standard InChI is InChI=1S/C31H46O18S2.3K/c1-14(2)9-21(33)47-24-23(49-51(42,43)44)22(48-50(39,40)41)18(13-32)46-26(24)45-17-11-29(4)19-6-5-16-10-30(19,25(34)15(16)3)8-7-20(29)31(12-17,27(35)36)28(37)38;;;/h14,16-20,22-26,32,34H,3,5-13H2,1-2,4H3,(H,35,36)(H,37,38)(H,39,40,41)(H,42,43,44);;;/q;3*+1/p-3/t16?,17-,18+,19-,20?,22+,23-,24+,25-,26+,29-,30+;;;/m0.../s1. The van der Waals surface area contributed by atoms with Gasteiger partial charge in [-0.05, 0) is 79.6 Å². The van der Waals surface area contributed by atoms with E-state index in [2.05, 4.69) is 14.9 Å². The second-order valence-corrected chi connectivity index (χ2v) is 17.3. The molecule has 0 radical (unpaired) electrons. The molecule has 1 heterocycles. The van der Waals surface area contributed by atoms with Crippen LogP contribution in [0.5, 0.6) is 0 Å². The molecule has 18 nitrogen and oxygen atoms in total. The van der Waals surface area contributed by atoms with E-state index < -0.39 is 123 Å². The van der Waals surface area contributed by atoms with E-state index in [1.54, 1.807) is 20.8 Å². The quantitative estimate of drug-likeness (QED) is 0.0312. The van der Waals surface area contributed by atoms with E-state index in [9.17, 15) is 60.8 Å². The number of rotatable bonds is 12. The fraction of sp³-hybridized carbons (Fsp3) is 0.839. The predicted molar refractivity (Wildman–Crippen MR) is 163 cm³/mol. The zero-order chi connectivity index (χ0) is 38.1. The van der Waals surface area contributed by atoms with Crippen molar-refractivity contribution >= 4 is 38.7 Å². The number of hydrogen-bond acceptors (Lipinski definition) is 17. The molecule has 13 atom stereocenters. The maximum Gasteiger partial charge on any atom is 1.00 e. The van der Waals surface area contributed by atoms with E-state index in [0.717, 1.165) is 0 Å². The third-order valence-corrected chi connectivity index (χ3v) is 12.9. The Balaban J connectivity index is 0.00000336. The van der Waals surface area contributed by atoms with Crippen LogP contribution in [0.25, 0.3) is 0 Å². The first-order valence-corrected chi connectivity index (χ1v) is 19.4. The number of carbonyl (C=O) groups is 3. The Morgan fingerprint density at radius 1 is 0.944 bits per heavy atom. The summed E-state index contributed by atoms with van der Waals surface area (Å²) in [6, 6.07) is 0. The number of ether oxygens (including phenoxy) is 3. The van der Waals surface area contributed by atoms with E-state index in [1.807, 2.05) is 0 Å². The molecule has 1 aliphatic heterocycles. The Bertz CT molecular complexity index is 1630. The van der Waals surface area contributed by atoms with Crippen molar-refractivity contribution in [2.75, 3.05) is 6.61 Å². The van der Waals surface area contributed by atoms with Crippen LogP contribution in [0.3, 0.4) is 0 Å². The number of carbonyl (C=O) groups excluding carboxylic acids is 2. The number of aliphatic hydroxyl groups excluding tert-OH is 2. The van der Waals surface area contributed by atoms with Crippen molar-refractivity contribution < 1.29 is 237 Å². The molecule has 0 aromatic rings. The van der Waals surface area contributed by atoms with Gasteiger partial charge in [0.25, 0.3) is 0 Å². The van der Waals surface area contributed by atoms with Gasteiger partial charge in [-0.1, -0.05) is 27.4 Å². The molecule has 5 fully saturated rings. The van der Waals surface area contributed by atoms with Crippen molar-refractivity contribution in [3.05, 3.63) is 12.2 Å². The molecule has 0 aromatic carbocycles. The van der Waals surface area contributed by atoms with E-state index in [0.29, 0.717) is 31.3 Å². The Hall–Kier alpha value is 2.64. The van der Waals surface area contributed by atoms with Crippen LogP contribution in [-0.2, 0) is 57.8 Å². The molecule has 0 aromatic heterocycles. The third-order valence-electron chi connectivity index (χ3n) is 12.0. The number of aliphatic hydroxyl groups is 2. The molecule has 4 aliphatic carbocycles. The van der Waals surface area contributed by atoms with Crippen LogP contribution in [0.15, 0.2) is 12.2 Å². The second kappa shape index (κ2) is 19.8. The summed E-state index contributed by atoms with van der Waals surface area (Å²) in [6.45, 7) is 7.87. The van der Waals surface area contributed by atoms with Gasteiger partial charge >= 0.3 is 166 Å². The Morgan fingerprint density at radius 2 is 1.54 bits per heavy atom. The number of carboxylic acids is 2. The predicted octanol–water partition coefficient (Wildman–Crippen LogP) is -9.89. The van der Waals surface area contributed by atoms with E-state index >= 15 is 0 Å². The molecule has 4 saturated carbocycles. The van der Waals surface area contributed by atoms with Crippen LogP contribution in [0.1, 0.15) is 72.1 Å². The summed E-state index contributed by atoms with van der Waals surface area (Å²) < 4.78 is 96.9. The van der Waals surface area contributed by atoms with Gasteiger partial charge in [0, 0.05) is 11.8 Å². The van der Waals surface area contributed by atoms with Gasteiger partial charge in [-0.25, -0.2) is 16.8 Å². The summed E-state index contributed by atoms with van der Waals surface area (Å²) in [6.07, 6.45) is -12.4. The molecule has 23 heteroatoms. The summed E-state index contributed by atoms with van der Waals surface area (Å²) in [5.74, 6) is -6.40. The minimum atomic E-state index is -5.79. The number of fused-ring (bicyclic) bond motifs is 3. The fourth-order valence-electron chi connectivity index (χ4n) is 10.2. The van der Waals surface area contributed by atoms with Gasteiger partial charge in [0.1, 0.15) is 23.7 Å². The number of aliphatic carboxylic acids is 2. The molecule has 5 rings (SSSR count). The molecule has 2 bridgehead atoms. The van der Waals surface area contributed by atoms with Crippen molar-refractivity contribution in [3.63, 3.8) is 0 Å². The smallest absolute Gasteiger partial charge is 0.726 e. The number of hydrogen-bond donors (Lipinski definition) is 3. The molecule has 54 heavy (non-hydrogen) atoms. The van der Waals surface area contributed by atoms with Gasteiger partial charge in [-0.15, -0.1) is 0 Å². The summed E-state index contributed by atoms with van der Waals surface area (Å²) in [4.78, 5) is 39.0. The van der Waals surface area contributed by atoms with Crippen molar-refractivity contribution in [1.82, 2.24) is 0 Å². The normalized spacial score (nSPS) is 40.2. The summed E-state index contributed by atoms with van der Waals surface area (Å²) in [5.41, 5.74) is -3.76. The third kappa shape index (κ3) is 10.5. The van der Waals surface area contributed by atoms with Crippen molar-refractivity contribution in [2.24, 2.45) is 39.9 Å². The molecule has 5 aliphatic rings. The van der Waals surface area contributed by atoms with Crippen molar-refractivity contribution in [1.29, 1.82) is 0 Å². The van der Waals surface area contributed by atoms with Crippen LogP contribution in [0, 0.1) is 39.9 Å². The number of esters is 1. The van der Waals surface area contributed by atoms with Gasteiger partial charge in [0.05, 0.1) is 24.8 Å². The number of carboxylic acid groups (broad SMARTS) is 2. The summed E-state index contributed by atoms with van der Waals surface area (Å²) >= 11 is 0. The first-order valence-electron chi connectivity index (χ1n) is 16.7. The van der Waals surface area contributed by atoms with Crippen molar-refractivity contribution in [3.8, 4) is 0 Å². The molecular weight excluding hydrogens is 842 g/mol. The van der Waals surface area contributed by atoms with Gasteiger partial charge < -0.3 is 48.5 Å². The first-order chi connectivity index (χ1) is 23.5. The zero-order valence-electron chi connectivity index (χ0n) is 31.2. The van der Waals surface area contributed by atoms with Gasteiger partial charge in [0.15, 0.2) is 12.4 Å². The van der Waals surface area contributed by atoms with Gasteiger partial charge in [0.2, 0.25) is 20.8 Å². The van der Waals surface area contributed by atoms with E-state index in [4.69, 9.17) is 14.2 Å². The SMILES string of the molecule is C=C1C2CC[C@@H]3[C@@](CCC4C(C(=O)[O-])(C(=O)O)C[C@@H](O[C@@H]5O[C@H](CO)[C@@H](OS(=O)(=O)[O-])[C@H](OS(=O)(=O)[O-])[C@H]5OC(=O)CC(C)C)C[C@]43C)(C2)[C@H]1O.[K+].[K+].[K+]. The van der Waals surface area contributed by atoms with Crippen LogP contribution in [0.2, 0.25) is 0 Å². The van der Waals surface area contributed by atoms with Crippen LogP contribution < -0.4 is 159 Å². The van der Waals surface area contributed by atoms with Crippen molar-refractivity contribution in [2.45, 2.75) is 115 Å². The zero-order valence-corrected chi connectivity index (χ0v) is 42.2. The minimum Gasteiger partial charge on any atom is -0.726 e. The molecule has 0 amide bonds. The molecule has 290 valence electrons. The molecule has 3 unspecified atom stereocenters. The fourth-order valence-corrected chi connectivity index (χ4v) is 11.2. The topological polar surface area (TPSA) is 296 Å². The van der Waals surface area contributed by atoms with Gasteiger partial charge in [-0.3, -0.25) is 18.0 Å². The maximum absolute atomic E-state index is 13.1. The average Bonchev–Trinajstić information content (AvgIpc) is 3.16.